The maximum atomic E-state index is 12.8. The molecule has 2 aliphatic heterocycles. The van der Waals surface area contributed by atoms with Gasteiger partial charge in [0.05, 0.1) is 6.20 Å². The molecule has 3 heterocycles. The number of nitrogens with zero attached hydrogens (tertiary/aromatic N) is 5. The Balaban J connectivity index is 1.87. The van der Waals surface area contributed by atoms with Crippen LogP contribution in [-0.4, -0.2) is 71.0 Å². The van der Waals surface area contributed by atoms with Crippen LogP contribution in [-0.2, 0) is 4.79 Å². The second kappa shape index (κ2) is 5.44. The van der Waals surface area contributed by atoms with Crippen molar-refractivity contribution in [1.29, 1.82) is 0 Å². The van der Waals surface area contributed by atoms with Gasteiger partial charge >= 0.3 is 0 Å². The van der Waals surface area contributed by atoms with Crippen molar-refractivity contribution >= 4 is 11.7 Å². The molecule has 1 spiro atoms. The number of rotatable bonds is 3. The van der Waals surface area contributed by atoms with Crippen molar-refractivity contribution in [2.75, 3.05) is 44.7 Å². The summed E-state index contributed by atoms with van der Waals surface area (Å²) in [5.74, 6) is 1.05. The first kappa shape index (κ1) is 14.0. The zero-order chi connectivity index (χ0) is 14.9. The number of piperazine rings is 1. The van der Waals surface area contributed by atoms with E-state index in [1.54, 1.807) is 18.6 Å². The Bertz CT molecular complexity index is 534. The molecule has 1 atom stereocenters. The van der Waals surface area contributed by atoms with Gasteiger partial charge in [-0.2, -0.15) is 0 Å². The Kier molecular flexibility index (Phi) is 3.63. The summed E-state index contributed by atoms with van der Waals surface area (Å²) in [6.07, 6.45) is 7.81. The van der Waals surface area contributed by atoms with Crippen LogP contribution >= 0.6 is 0 Å². The van der Waals surface area contributed by atoms with Crippen LogP contribution < -0.4 is 4.90 Å². The average Bonchev–Trinajstić information content (AvgIpc) is 2.96. The molecule has 1 aromatic heterocycles. The summed E-state index contributed by atoms with van der Waals surface area (Å²) in [4.78, 5) is 27.5. The summed E-state index contributed by atoms with van der Waals surface area (Å²) < 4.78 is 0. The molecule has 1 aromatic rings. The quantitative estimate of drug-likeness (QED) is 0.753. The lowest BCUT2D eigenvalue weighted by atomic mass is 9.91. The van der Waals surface area contributed by atoms with Crippen LogP contribution in [0.5, 0.6) is 0 Å². The fourth-order valence-electron chi connectivity index (χ4n) is 3.38. The maximum Gasteiger partial charge on any atom is 0.244 e. The number of carbonyl (C=O) groups is 1. The molecule has 6 heteroatoms. The van der Waals surface area contributed by atoms with E-state index < -0.39 is 5.54 Å². The fraction of sp³-hybridized carbons (Fsp3) is 0.533. The van der Waals surface area contributed by atoms with E-state index >= 15 is 0 Å². The number of hydrogen-bond donors (Lipinski definition) is 0. The smallest absolute Gasteiger partial charge is 0.244 e. The average molecular weight is 287 g/mol. The topological polar surface area (TPSA) is 52.6 Å². The largest absolute Gasteiger partial charge is 0.353 e. The van der Waals surface area contributed by atoms with Gasteiger partial charge in [-0.1, -0.05) is 6.08 Å². The second-order valence-corrected chi connectivity index (χ2v) is 5.73. The van der Waals surface area contributed by atoms with Crippen LogP contribution in [0, 0.1) is 0 Å². The van der Waals surface area contributed by atoms with Crippen molar-refractivity contribution in [3.63, 3.8) is 0 Å². The van der Waals surface area contributed by atoms with Crippen LogP contribution in [0.3, 0.4) is 0 Å². The number of aromatic nitrogens is 2. The van der Waals surface area contributed by atoms with Gasteiger partial charge in [0.25, 0.3) is 0 Å². The van der Waals surface area contributed by atoms with Crippen molar-refractivity contribution in [3.8, 4) is 0 Å². The van der Waals surface area contributed by atoms with Crippen LogP contribution in [0.25, 0.3) is 0 Å². The molecule has 0 bridgehead atoms. The summed E-state index contributed by atoms with van der Waals surface area (Å²) in [6.45, 7) is 7.74. The third-order valence-corrected chi connectivity index (χ3v) is 4.53. The van der Waals surface area contributed by atoms with Crippen LogP contribution in [0.15, 0.2) is 31.2 Å². The van der Waals surface area contributed by atoms with E-state index in [9.17, 15) is 4.79 Å². The molecular formula is C15H21N5O. The van der Waals surface area contributed by atoms with Gasteiger partial charge in [-0.05, 0) is 6.42 Å². The van der Waals surface area contributed by atoms with Gasteiger partial charge in [0.15, 0.2) is 0 Å². The fourth-order valence-corrected chi connectivity index (χ4v) is 3.38. The van der Waals surface area contributed by atoms with Gasteiger partial charge in [0, 0.05) is 52.2 Å². The summed E-state index contributed by atoms with van der Waals surface area (Å²) in [6, 6.07) is 0. The van der Waals surface area contributed by atoms with E-state index in [4.69, 9.17) is 0 Å². The van der Waals surface area contributed by atoms with Crippen molar-refractivity contribution in [3.05, 3.63) is 31.2 Å². The highest BCUT2D eigenvalue weighted by molar-refractivity contribution is 5.88. The molecule has 0 radical (unpaired) electrons. The lowest BCUT2D eigenvalue weighted by Crippen LogP contribution is -2.66. The number of likely N-dealkylation sites (N-methyl/N-ethyl adjacent to an activating group) is 1. The minimum absolute atomic E-state index is 0.210. The van der Waals surface area contributed by atoms with E-state index in [0.717, 1.165) is 38.4 Å². The molecule has 0 aliphatic carbocycles. The lowest BCUT2D eigenvalue weighted by Gasteiger charge is -2.46. The minimum Gasteiger partial charge on any atom is -0.353 e. The highest BCUT2D eigenvalue weighted by Crippen LogP contribution is 2.34. The first-order chi connectivity index (χ1) is 10.2. The Labute approximate surface area is 125 Å². The van der Waals surface area contributed by atoms with E-state index in [-0.39, 0.29) is 5.91 Å². The number of carbonyl (C=O) groups excluding carboxylic acids is 1. The highest BCUT2D eigenvalue weighted by atomic mass is 16.2. The zero-order valence-electron chi connectivity index (χ0n) is 12.4. The van der Waals surface area contributed by atoms with Crippen LogP contribution in [0.2, 0.25) is 0 Å². The predicted molar refractivity (Wildman–Crippen MR) is 81.0 cm³/mol. The number of hydrogen-bond acceptors (Lipinski definition) is 5. The number of amides is 1. The van der Waals surface area contributed by atoms with E-state index in [1.165, 1.54) is 0 Å². The minimum atomic E-state index is -0.446. The Morgan fingerprint density at radius 1 is 1.38 bits per heavy atom. The third-order valence-electron chi connectivity index (χ3n) is 4.53. The monoisotopic (exact) mass is 287 g/mol. The molecule has 3 rings (SSSR count). The lowest BCUT2D eigenvalue weighted by molar-refractivity contribution is -0.147. The van der Waals surface area contributed by atoms with E-state index in [1.807, 2.05) is 18.0 Å². The first-order valence-electron chi connectivity index (χ1n) is 7.30. The van der Waals surface area contributed by atoms with Crippen molar-refractivity contribution in [2.45, 2.75) is 12.0 Å². The normalized spacial score (nSPS) is 26.6. The summed E-state index contributed by atoms with van der Waals surface area (Å²) in [7, 11) is 1.89. The molecule has 0 unspecified atom stereocenters. The zero-order valence-corrected chi connectivity index (χ0v) is 12.4. The molecule has 2 aliphatic rings. The molecule has 6 nitrogen and oxygen atoms in total. The second-order valence-electron chi connectivity index (χ2n) is 5.73. The van der Waals surface area contributed by atoms with Gasteiger partial charge in [-0.25, -0.2) is 4.98 Å². The van der Waals surface area contributed by atoms with Crippen LogP contribution in [0.1, 0.15) is 6.42 Å². The Hall–Kier alpha value is -1.95. The van der Waals surface area contributed by atoms with E-state index in [0.29, 0.717) is 6.54 Å². The summed E-state index contributed by atoms with van der Waals surface area (Å²) >= 11 is 0. The molecule has 0 aromatic carbocycles. The molecular weight excluding hydrogens is 266 g/mol. The summed E-state index contributed by atoms with van der Waals surface area (Å²) in [5.41, 5.74) is -0.446. The molecule has 112 valence electrons. The molecule has 0 N–H and O–H groups in total. The SMILES string of the molecule is C=CCN1CCN(C)C(=O)[C@@]12CCN(c1cnccn1)C2. The van der Waals surface area contributed by atoms with Crippen LogP contribution in [0.4, 0.5) is 5.82 Å². The van der Waals surface area contributed by atoms with Gasteiger partial charge < -0.3 is 9.80 Å². The Morgan fingerprint density at radius 3 is 2.95 bits per heavy atom. The number of anilines is 1. The highest BCUT2D eigenvalue weighted by Gasteiger charge is 2.52. The predicted octanol–water partition coefficient (Wildman–Crippen LogP) is 0.385. The van der Waals surface area contributed by atoms with Crippen molar-refractivity contribution in [2.24, 2.45) is 0 Å². The maximum absolute atomic E-state index is 12.8. The van der Waals surface area contributed by atoms with Crippen molar-refractivity contribution < 1.29 is 4.79 Å². The van der Waals surface area contributed by atoms with E-state index in [2.05, 4.69) is 26.3 Å². The first-order valence-corrected chi connectivity index (χ1v) is 7.30. The Morgan fingerprint density at radius 2 is 2.24 bits per heavy atom. The van der Waals surface area contributed by atoms with Gasteiger partial charge in [-0.3, -0.25) is 14.7 Å². The molecule has 0 saturated carbocycles. The molecule has 2 fully saturated rings. The summed E-state index contributed by atoms with van der Waals surface area (Å²) in [5, 5.41) is 0. The van der Waals surface area contributed by atoms with Gasteiger partial charge in [-0.15, -0.1) is 6.58 Å². The standard InChI is InChI=1S/C15H21N5O/c1-3-7-20-10-9-18(2)14(21)15(20)4-8-19(12-15)13-11-16-5-6-17-13/h3,5-6,11H,1,4,7-10,12H2,2H3/t15-/m0/s1. The molecule has 2 saturated heterocycles. The third kappa shape index (κ3) is 2.29. The molecule has 21 heavy (non-hydrogen) atoms. The van der Waals surface area contributed by atoms with Gasteiger partial charge in [0.1, 0.15) is 11.4 Å². The van der Waals surface area contributed by atoms with Crippen molar-refractivity contribution in [1.82, 2.24) is 19.8 Å². The molecule has 1 amide bonds. The van der Waals surface area contributed by atoms with Gasteiger partial charge in [0.2, 0.25) is 5.91 Å².